The van der Waals surface area contributed by atoms with Crippen molar-refractivity contribution in [1.29, 1.82) is 0 Å². The Morgan fingerprint density at radius 1 is 1.47 bits per heavy atom. The summed E-state index contributed by atoms with van der Waals surface area (Å²) in [6, 6.07) is 0.523. The highest BCUT2D eigenvalue weighted by atomic mass is 16.4. The molecule has 2 atom stereocenters. The van der Waals surface area contributed by atoms with Crippen LogP contribution in [0.15, 0.2) is 0 Å². The molecular weight excluding hydrogens is 216 g/mol. The average Bonchev–Trinajstić information content (AvgIpc) is 2.26. The van der Waals surface area contributed by atoms with Crippen LogP contribution in [0.3, 0.4) is 0 Å². The van der Waals surface area contributed by atoms with Gasteiger partial charge >= 0.3 is 5.97 Å². The zero-order chi connectivity index (χ0) is 12.8. The van der Waals surface area contributed by atoms with Gasteiger partial charge in [-0.2, -0.15) is 0 Å². The minimum atomic E-state index is -0.698. The molecule has 0 saturated carbocycles. The molecule has 1 fully saturated rings. The second-order valence-electron chi connectivity index (χ2n) is 5.40. The molecule has 1 rings (SSSR count). The van der Waals surface area contributed by atoms with Crippen molar-refractivity contribution in [1.82, 2.24) is 10.2 Å². The van der Waals surface area contributed by atoms with E-state index in [0.717, 1.165) is 19.6 Å². The third-order valence-electron chi connectivity index (χ3n) is 3.64. The van der Waals surface area contributed by atoms with Crippen molar-refractivity contribution in [3.8, 4) is 0 Å². The van der Waals surface area contributed by atoms with Gasteiger partial charge in [0.2, 0.25) is 0 Å². The summed E-state index contributed by atoms with van der Waals surface area (Å²) in [6.45, 7) is 10.4. The van der Waals surface area contributed by atoms with E-state index in [1.165, 1.54) is 6.42 Å². The average molecular weight is 242 g/mol. The van der Waals surface area contributed by atoms with E-state index in [2.05, 4.69) is 31.0 Å². The van der Waals surface area contributed by atoms with Gasteiger partial charge in [-0.15, -0.1) is 0 Å². The summed E-state index contributed by atoms with van der Waals surface area (Å²) in [4.78, 5) is 12.9. The van der Waals surface area contributed by atoms with Gasteiger partial charge in [-0.3, -0.25) is 4.79 Å². The summed E-state index contributed by atoms with van der Waals surface area (Å²) in [7, 11) is 0. The lowest BCUT2D eigenvalue weighted by Gasteiger charge is -2.39. The Morgan fingerprint density at radius 3 is 2.71 bits per heavy atom. The number of piperidine rings is 1. The minimum absolute atomic E-state index is 0.254. The lowest BCUT2D eigenvalue weighted by atomic mass is 9.85. The predicted molar refractivity (Wildman–Crippen MR) is 69.1 cm³/mol. The highest BCUT2D eigenvalue weighted by Gasteiger charge is 2.28. The summed E-state index contributed by atoms with van der Waals surface area (Å²) in [5.41, 5.74) is 0. The second kappa shape index (κ2) is 6.97. The number of nitrogens with zero attached hydrogens (tertiary/aromatic N) is 1. The molecule has 100 valence electrons. The van der Waals surface area contributed by atoms with Gasteiger partial charge in [0, 0.05) is 25.7 Å². The summed E-state index contributed by atoms with van der Waals surface area (Å²) in [6.07, 6.45) is 1.47. The number of likely N-dealkylation sites (N-methyl/N-ethyl adjacent to an activating group) is 1. The van der Waals surface area contributed by atoms with Crippen LogP contribution in [-0.2, 0) is 4.79 Å². The molecule has 0 aromatic rings. The van der Waals surface area contributed by atoms with Crippen molar-refractivity contribution in [3.05, 3.63) is 0 Å². The second-order valence-corrected chi connectivity index (χ2v) is 5.40. The molecule has 0 aliphatic carbocycles. The van der Waals surface area contributed by atoms with Gasteiger partial charge < -0.3 is 15.3 Å². The summed E-state index contributed by atoms with van der Waals surface area (Å²) >= 11 is 0. The standard InChI is InChI=1S/C13H26N2O2/c1-4-14-12-7-11(10(2)3)8-15(9-12)6-5-13(16)17/h10-12,14H,4-9H2,1-3H3,(H,16,17). The summed E-state index contributed by atoms with van der Waals surface area (Å²) < 4.78 is 0. The Bertz CT molecular complexity index is 244. The molecule has 0 aromatic carbocycles. The quantitative estimate of drug-likeness (QED) is 0.739. The van der Waals surface area contributed by atoms with Crippen LogP contribution in [0.1, 0.15) is 33.6 Å². The SMILES string of the molecule is CCNC1CC(C(C)C)CN(CCC(=O)O)C1. The van der Waals surface area contributed by atoms with E-state index in [-0.39, 0.29) is 6.42 Å². The van der Waals surface area contributed by atoms with E-state index in [9.17, 15) is 4.79 Å². The van der Waals surface area contributed by atoms with Crippen molar-refractivity contribution in [2.45, 2.75) is 39.7 Å². The van der Waals surface area contributed by atoms with Gasteiger partial charge in [-0.1, -0.05) is 20.8 Å². The Kier molecular flexibility index (Phi) is 5.92. The number of hydrogen-bond donors (Lipinski definition) is 2. The molecule has 17 heavy (non-hydrogen) atoms. The molecule has 1 heterocycles. The van der Waals surface area contributed by atoms with Crippen LogP contribution in [0.25, 0.3) is 0 Å². The van der Waals surface area contributed by atoms with E-state index < -0.39 is 5.97 Å². The number of carbonyl (C=O) groups is 1. The maximum atomic E-state index is 10.6. The molecule has 1 aliphatic rings. The number of rotatable bonds is 6. The highest BCUT2D eigenvalue weighted by Crippen LogP contribution is 2.23. The van der Waals surface area contributed by atoms with Crippen LogP contribution in [0, 0.1) is 11.8 Å². The zero-order valence-electron chi connectivity index (χ0n) is 11.3. The maximum absolute atomic E-state index is 10.6. The molecule has 1 aliphatic heterocycles. The van der Waals surface area contributed by atoms with E-state index >= 15 is 0 Å². The molecule has 2 N–H and O–H groups in total. The van der Waals surface area contributed by atoms with Gasteiger partial charge in [0.1, 0.15) is 0 Å². The Labute approximate surface area is 104 Å². The smallest absolute Gasteiger partial charge is 0.304 e. The fraction of sp³-hybridized carbons (Fsp3) is 0.923. The third kappa shape index (κ3) is 5.04. The van der Waals surface area contributed by atoms with Gasteiger partial charge in [0.25, 0.3) is 0 Å². The molecule has 0 radical (unpaired) electrons. The van der Waals surface area contributed by atoms with Crippen LogP contribution >= 0.6 is 0 Å². The molecule has 0 amide bonds. The topological polar surface area (TPSA) is 52.6 Å². The molecule has 4 heteroatoms. The number of hydrogen-bond acceptors (Lipinski definition) is 3. The van der Waals surface area contributed by atoms with E-state index in [1.54, 1.807) is 0 Å². The maximum Gasteiger partial charge on any atom is 0.304 e. The number of aliphatic carboxylic acids is 1. The van der Waals surface area contributed by atoms with Crippen LogP contribution in [0.2, 0.25) is 0 Å². The molecule has 0 aromatic heterocycles. The molecular formula is C13H26N2O2. The largest absolute Gasteiger partial charge is 0.481 e. The summed E-state index contributed by atoms with van der Waals surface area (Å²) in [5.74, 6) is 0.655. The zero-order valence-corrected chi connectivity index (χ0v) is 11.3. The van der Waals surface area contributed by atoms with E-state index in [0.29, 0.717) is 24.4 Å². The number of carboxylic acids is 1. The number of likely N-dealkylation sites (tertiary alicyclic amines) is 1. The first-order chi connectivity index (χ1) is 8.02. The Balaban J connectivity index is 2.49. The molecule has 0 bridgehead atoms. The number of carboxylic acid groups (broad SMARTS) is 1. The minimum Gasteiger partial charge on any atom is -0.481 e. The first-order valence-corrected chi connectivity index (χ1v) is 6.70. The lowest BCUT2D eigenvalue weighted by Crippen LogP contribution is -2.50. The lowest BCUT2D eigenvalue weighted by molar-refractivity contribution is -0.137. The molecule has 1 saturated heterocycles. The van der Waals surface area contributed by atoms with Crippen LogP contribution < -0.4 is 5.32 Å². The molecule has 0 spiro atoms. The van der Waals surface area contributed by atoms with Crippen LogP contribution in [-0.4, -0.2) is 48.2 Å². The molecule has 4 nitrogen and oxygen atoms in total. The van der Waals surface area contributed by atoms with E-state index in [4.69, 9.17) is 5.11 Å². The van der Waals surface area contributed by atoms with Crippen molar-refractivity contribution in [2.75, 3.05) is 26.2 Å². The fourth-order valence-corrected chi connectivity index (χ4v) is 2.59. The highest BCUT2D eigenvalue weighted by molar-refractivity contribution is 5.66. The Hall–Kier alpha value is -0.610. The van der Waals surface area contributed by atoms with Crippen LogP contribution in [0.5, 0.6) is 0 Å². The molecule has 2 unspecified atom stereocenters. The van der Waals surface area contributed by atoms with Crippen molar-refractivity contribution >= 4 is 5.97 Å². The van der Waals surface area contributed by atoms with Crippen molar-refractivity contribution < 1.29 is 9.90 Å². The van der Waals surface area contributed by atoms with Crippen LogP contribution in [0.4, 0.5) is 0 Å². The number of nitrogens with one attached hydrogen (secondary N) is 1. The van der Waals surface area contributed by atoms with Gasteiger partial charge in [0.05, 0.1) is 6.42 Å². The Morgan fingerprint density at radius 2 is 2.18 bits per heavy atom. The summed E-state index contributed by atoms with van der Waals surface area (Å²) in [5, 5.41) is 12.2. The first-order valence-electron chi connectivity index (χ1n) is 6.70. The van der Waals surface area contributed by atoms with Gasteiger partial charge in [-0.05, 0) is 24.8 Å². The normalized spacial score (nSPS) is 26.4. The van der Waals surface area contributed by atoms with E-state index in [1.807, 2.05) is 0 Å². The van der Waals surface area contributed by atoms with Crippen molar-refractivity contribution in [2.24, 2.45) is 11.8 Å². The predicted octanol–water partition coefficient (Wildman–Crippen LogP) is 1.42. The third-order valence-corrected chi connectivity index (χ3v) is 3.64. The van der Waals surface area contributed by atoms with Gasteiger partial charge in [0.15, 0.2) is 0 Å². The van der Waals surface area contributed by atoms with Crippen molar-refractivity contribution in [3.63, 3.8) is 0 Å². The fourth-order valence-electron chi connectivity index (χ4n) is 2.59. The van der Waals surface area contributed by atoms with Gasteiger partial charge in [-0.25, -0.2) is 0 Å². The first kappa shape index (κ1) is 14.5. The monoisotopic (exact) mass is 242 g/mol.